The fourth-order valence-corrected chi connectivity index (χ4v) is 1.48. The number of benzene rings is 1. The summed E-state index contributed by atoms with van der Waals surface area (Å²) in [5.41, 5.74) is 1.03. The molecule has 4 heteroatoms. The molecular formula is C10H13ClO2S. The van der Waals surface area contributed by atoms with Crippen LogP contribution in [-0.2, 0) is 16.7 Å². The third kappa shape index (κ3) is 4.11. The first-order chi connectivity index (χ1) is 6.72. The standard InChI is InChI=1S/C10H13ClO2S/c1-14(12)6-5-13-10-4-2-3-9(7-10)8-11/h2-4,7H,5-6,8H2,1H3. The normalized spacial score (nSPS) is 12.4. The highest BCUT2D eigenvalue weighted by molar-refractivity contribution is 7.84. The van der Waals surface area contributed by atoms with Crippen molar-refractivity contribution in [3.05, 3.63) is 29.8 Å². The predicted octanol–water partition coefficient (Wildman–Crippen LogP) is 2.18. The van der Waals surface area contributed by atoms with Crippen LogP contribution in [0.2, 0.25) is 0 Å². The van der Waals surface area contributed by atoms with Gasteiger partial charge in [0.25, 0.3) is 0 Å². The molecule has 0 saturated heterocycles. The molecule has 78 valence electrons. The molecule has 0 aliphatic heterocycles. The van der Waals surface area contributed by atoms with E-state index in [1.807, 2.05) is 24.3 Å². The van der Waals surface area contributed by atoms with Crippen molar-refractivity contribution in [3.63, 3.8) is 0 Å². The highest BCUT2D eigenvalue weighted by Crippen LogP contribution is 2.14. The summed E-state index contributed by atoms with van der Waals surface area (Å²) in [7, 11) is -0.797. The van der Waals surface area contributed by atoms with Gasteiger partial charge in [-0.1, -0.05) is 12.1 Å². The van der Waals surface area contributed by atoms with Crippen LogP contribution in [0, 0.1) is 0 Å². The van der Waals surface area contributed by atoms with Crippen LogP contribution in [0.4, 0.5) is 0 Å². The Kier molecular flexibility index (Phi) is 4.98. The molecule has 1 rings (SSSR count). The van der Waals surface area contributed by atoms with E-state index in [1.165, 1.54) is 0 Å². The van der Waals surface area contributed by atoms with Crippen molar-refractivity contribution < 1.29 is 8.95 Å². The average Bonchev–Trinajstić information content (AvgIpc) is 2.18. The van der Waals surface area contributed by atoms with Gasteiger partial charge in [0.05, 0.1) is 12.4 Å². The van der Waals surface area contributed by atoms with Gasteiger partial charge in [-0.2, -0.15) is 0 Å². The van der Waals surface area contributed by atoms with Crippen molar-refractivity contribution in [1.82, 2.24) is 0 Å². The minimum Gasteiger partial charge on any atom is -0.493 e. The quantitative estimate of drug-likeness (QED) is 0.728. The van der Waals surface area contributed by atoms with E-state index in [9.17, 15) is 4.21 Å². The molecule has 14 heavy (non-hydrogen) atoms. The van der Waals surface area contributed by atoms with Gasteiger partial charge in [0.2, 0.25) is 0 Å². The Morgan fingerprint density at radius 3 is 2.93 bits per heavy atom. The first kappa shape index (κ1) is 11.5. The molecular weight excluding hydrogens is 220 g/mol. The number of hydrogen-bond acceptors (Lipinski definition) is 2. The molecule has 0 heterocycles. The summed E-state index contributed by atoms with van der Waals surface area (Å²) in [4.78, 5) is 0. The van der Waals surface area contributed by atoms with Gasteiger partial charge in [0.1, 0.15) is 5.75 Å². The Bertz CT molecular complexity index is 315. The van der Waals surface area contributed by atoms with Crippen molar-refractivity contribution in [2.75, 3.05) is 18.6 Å². The molecule has 1 atom stereocenters. The zero-order chi connectivity index (χ0) is 10.4. The fourth-order valence-electron chi connectivity index (χ4n) is 0.995. The van der Waals surface area contributed by atoms with Crippen LogP contribution >= 0.6 is 11.6 Å². The third-order valence-electron chi connectivity index (χ3n) is 1.69. The molecule has 0 aromatic heterocycles. The summed E-state index contributed by atoms with van der Waals surface area (Å²) in [5, 5.41) is 0. The van der Waals surface area contributed by atoms with Crippen molar-refractivity contribution in [2.45, 2.75) is 5.88 Å². The third-order valence-corrected chi connectivity index (χ3v) is 2.74. The van der Waals surface area contributed by atoms with Gasteiger partial charge in [-0.15, -0.1) is 11.6 Å². The Morgan fingerprint density at radius 1 is 1.50 bits per heavy atom. The molecule has 0 spiro atoms. The molecule has 0 bridgehead atoms. The van der Waals surface area contributed by atoms with Gasteiger partial charge in [-0.25, -0.2) is 0 Å². The molecule has 0 aliphatic carbocycles. The fraction of sp³-hybridized carbons (Fsp3) is 0.400. The lowest BCUT2D eigenvalue weighted by Gasteiger charge is -2.05. The lowest BCUT2D eigenvalue weighted by atomic mass is 10.2. The van der Waals surface area contributed by atoms with Crippen molar-refractivity contribution in [2.24, 2.45) is 0 Å². The second kappa shape index (κ2) is 6.04. The first-order valence-corrected chi connectivity index (χ1v) is 6.56. The molecule has 0 N–H and O–H groups in total. The molecule has 0 fully saturated rings. The van der Waals surface area contributed by atoms with Gasteiger partial charge in [0.15, 0.2) is 0 Å². The van der Waals surface area contributed by atoms with Gasteiger partial charge in [-0.05, 0) is 17.7 Å². The maximum absolute atomic E-state index is 10.8. The summed E-state index contributed by atoms with van der Waals surface area (Å²) in [6.45, 7) is 0.481. The zero-order valence-electron chi connectivity index (χ0n) is 8.03. The molecule has 1 unspecified atom stereocenters. The van der Waals surface area contributed by atoms with E-state index >= 15 is 0 Å². The number of hydrogen-bond donors (Lipinski definition) is 0. The summed E-state index contributed by atoms with van der Waals surface area (Å²) >= 11 is 5.68. The van der Waals surface area contributed by atoms with E-state index in [1.54, 1.807) is 6.26 Å². The van der Waals surface area contributed by atoms with Crippen LogP contribution in [-0.4, -0.2) is 22.8 Å². The highest BCUT2D eigenvalue weighted by atomic mass is 35.5. The SMILES string of the molecule is CS(=O)CCOc1cccc(CCl)c1. The van der Waals surface area contributed by atoms with Gasteiger partial charge in [0, 0.05) is 22.9 Å². The summed E-state index contributed by atoms with van der Waals surface area (Å²) in [6.07, 6.45) is 1.67. The number of ether oxygens (including phenoxy) is 1. The molecule has 0 amide bonds. The summed E-state index contributed by atoms with van der Waals surface area (Å²) < 4.78 is 16.2. The smallest absolute Gasteiger partial charge is 0.119 e. The van der Waals surface area contributed by atoms with E-state index in [0.717, 1.165) is 11.3 Å². The van der Waals surface area contributed by atoms with Crippen LogP contribution in [0.3, 0.4) is 0 Å². The van der Waals surface area contributed by atoms with E-state index in [-0.39, 0.29) is 0 Å². The molecule has 2 nitrogen and oxygen atoms in total. The first-order valence-electron chi connectivity index (χ1n) is 4.30. The Labute approximate surface area is 91.7 Å². The lowest BCUT2D eigenvalue weighted by molar-refractivity contribution is 0.342. The molecule has 0 radical (unpaired) electrons. The van der Waals surface area contributed by atoms with E-state index < -0.39 is 10.8 Å². The van der Waals surface area contributed by atoms with E-state index in [2.05, 4.69) is 0 Å². The molecule has 1 aromatic rings. The Hall–Kier alpha value is -0.540. The minimum absolute atomic E-state index is 0.481. The molecule has 1 aromatic carbocycles. The van der Waals surface area contributed by atoms with Crippen LogP contribution in [0.25, 0.3) is 0 Å². The van der Waals surface area contributed by atoms with Crippen LogP contribution in [0.15, 0.2) is 24.3 Å². The van der Waals surface area contributed by atoms with E-state index in [4.69, 9.17) is 16.3 Å². The minimum atomic E-state index is -0.797. The van der Waals surface area contributed by atoms with Crippen LogP contribution in [0.5, 0.6) is 5.75 Å². The second-order valence-corrected chi connectivity index (χ2v) is 4.73. The largest absolute Gasteiger partial charge is 0.493 e. The monoisotopic (exact) mass is 232 g/mol. The number of rotatable bonds is 5. The average molecular weight is 233 g/mol. The number of halogens is 1. The van der Waals surface area contributed by atoms with Crippen molar-refractivity contribution in [1.29, 1.82) is 0 Å². The Morgan fingerprint density at radius 2 is 2.29 bits per heavy atom. The molecule has 0 saturated carbocycles. The van der Waals surface area contributed by atoms with E-state index in [0.29, 0.717) is 18.2 Å². The predicted molar refractivity (Wildman–Crippen MR) is 60.4 cm³/mol. The molecule has 0 aliphatic rings. The van der Waals surface area contributed by atoms with Crippen LogP contribution in [0.1, 0.15) is 5.56 Å². The summed E-state index contributed by atoms with van der Waals surface area (Å²) in [6, 6.07) is 7.61. The van der Waals surface area contributed by atoms with Crippen molar-refractivity contribution in [3.8, 4) is 5.75 Å². The topological polar surface area (TPSA) is 26.3 Å². The van der Waals surface area contributed by atoms with Gasteiger partial charge in [-0.3, -0.25) is 4.21 Å². The highest BCUT2D eigenvalue weighted by Gasteiger charge is 1.96. The zero-order valence-corrected chi connectivity index (χ0v) is 9.61. The maximum atomic E-state index is 10.8. The van der Waals surface area contributed by atoms with Gasteiger partial charge >= 0.3 is 0 Å². The Balaban J connectivity index is 2.46. The second-order valence-electron chi connectivity index (χ2n) is 2.91. The summed E-state index contributed by atoms with van der Waals surface area (Å²) in [5.74, 6) is 1.83. The number of alkyl halides is 1. The lowest BCUT2D eigenvalue weighted by Crippen LogP contribution is -2.06. The van der Waals surface area contributed by atoms with Gasteiger partial charge < -0.3 is 4.74 Å². The maximum Gasteiger partial charge on any atom is 0.119 e. The van der Waals surface area contributed by atoms with Crippen LogP contribution < -0.4 is 4.74 Å². The van der Waals surface area contributed by atoms with Crippen molar-refractivity contribution >= 4 is 22.4 Å².